The molecule has 0 amide bonds. The number of pyridine rings is 1. The van der Waals surface area contributed by atoms with Crippen LogP contribution < -0.4 is 5.73 Å². The van der Waals surface area contributed by atoms with Crippen molar-refractivity contribution in [3.05, 3.63) is 78.0 Å². The van der Waals surface area contributed by atoms with Crippen molar-refractivity contribution in [1.82, 2.24) is 19.4 Å². The second-order valence-electron chi connectivity index (χ2n) is 6.36. The molecule has 5 nitrogen and oxygen atoms in total. The summed E-state index contributed by atoms with van der Waals surface area (Å²) in [6, 6.07) is 13.8. The number of imidazole rings is 1. The third kappa shape index (κ3) is 2.58. The minimum absolute atomic E-state index is 0.293. The van der Waals surface area contributed by atoms with Crippen LogP contribution in [0.25, 0.3) is 39.1 Å². The second-order valence-corrected chi connectivity index (χ2v) is 6.76. The molecule has 0 saturated heterocycles. The van der Waals surface area contributed by atoms with Crippen molar-refractivity contribution >= 4 is 34.0 Å². The lowest BCUT2D eigenvalue weighted by atomic mass is 10.0. The van der Waals surface area contributed by atoms with Crippen molar-refractivity contribution in [2.24, 2.45) is 0 Å². The molecule has 5 rings (SSSR count). The largest absolute Gasteiger partial charge is 0.381 e. The predicted octanol–water partition coefficient (Wildman–Crippen LogP) is 4.99. The quantitative estimate of drug-likeness (QED) is 0.462. The van der Waals surface area contributed by atoms with E-state index in [0.29, 0.717) is 22.2 Å². The molecule has 3 heterocycles. The molecule has 0 fully saturated rings. The summed E-state index contributed by atoms with van der Waals surface area (Å²) in [5, 5.41) is 1.43. The van der Waals surface area contributed by atoms with Crippen molar-refractivity contribution < 1.29 is 4.39 Å². The van der Waals surface area contributed by atoms with E-state index in [1.165, 1.54) is 12.1 Å². The van der Waals surface area contributed by atoms with Crippen LogP contribution in [-0.2, 0) is 0 Å². The Morgan fingerprint density at radius 2 is 1.79 bits per heavy atom. The van der Waals surface area contributed by atoms with Gasteiger partial charge in [-0.3, -0.25) is 9.38 Å². The Morgan fingerprint density at radius 3 is 2.61 bits per heavy atom. The summed E-state index contributed by atoms with van der Waals surface area (Å²) in [6.45, 7) is 0. The highest BCUT2D eigenvalue weighted by Gasteiger charge is 2.18. The van der Waals surface area contributed by atoms with Crippen LogP contribution in [0.4, 0.5) is 10.2 Å². The van der Waals surface area contributed by atoms with Gasteiger partial charge in [-0.2, -0.15) is 0 Å². The van der Waals surface area contributed by atoms with Crippen LogP contribution in [0.3, 0.4) is 0 Å². The molecule has 0 bridgehead atoms. The zero-order valence-corrected chi connectivity index (χ0v) is 15.2. The number of hydrogen-bond donors (Lipinski definition) is 1. The smallest absolute Gasteiger partial charge is 0.180 e. The Balaban J connectivity index is 1.88. The van der Waals surface area contributed by atoms with Crippen molar-refractivity contribution in [2.45, 2.75) is 0 Å². The maximum absolute atomic E-state index is 13.5. The standard InChI is InChI=1S/C21H13ClFN5/c22-16-11-14(10-13-2-1-7-25-17(13)16)19-18(12-3-5-15(23)6-4-12)27-20(24)21-26-8-9-28(19)21/h1-11H,(H2,24,27). The van der Waals surface area contributed by atoms with Crippen molar-refractivity contribution in [1.29, 1.82) is 0 Å². The first-order valence-electron chi connectivity index (χ1n) is 8.55. The van der Waals surface area contributed by atoms with Gasteiger partial charge in [0, 0.05) is 35.1 Å². The number of aromatic nitrogens is 4. The number of benzene rings is 2. The fourth-order valence-electron chi connectivity index (χ4n) is 3.38. The number of nitrogens with zero attached hydrogens (tertiary/aromatic N) is 4. The molecule has 3 aromatic heterocycles. The fourth-order valence-corrected chi connectivity index (χ4v) is 3.66. The number of hydrogen-bond acceptors (Lipinski definition) is 4. The van der Waals surface area contributed by atoms with Crippen molar-refractivity contribution in [3.8, 4) is 22.5 Å². The molecule has 0 saturated carbocycles. The minimum atomic E-state index is -0.318. The Labute approximate surface area is 164 Å². The summed E-state index contributed by atoms with van der Waals surface area (Å²) in [5.41, 5.74) is 10.3. The normalized spacial score (nSPS) is 11.4. The summed E-state index contributed by atoms with van der Waals surface area (Å²) >= 11 is 6.51. The second kappa shape index (κ2) is 6.28. The Bertz CT molecular complexity index is 1340. The van der Waals surface area contributed by atoms with Crippen molar-refractivity contribution in [2.75, 3.05) is 5.73 Å². The average molecular weight is 390 g/mol. The van der Waals surface area contributed by atoms with Gasteiger partial charge >= 0.3 is 0 Å². The van der Waals surface area contributed by atoms with Crippen LogP contribution in [0.2, 0.25) is 5.02 Å². The number of anilines is 1. The molecular formula is C21H13ClFN5. The lowest BCUT2D eigenvalue weighted by Gasteiger charge is -2.14. The van der Waals surface area contributed by atoms with Crippen LogP contribution in [-0.4, -0.2) is 19.4 Å². The van der Waals surface area contributed by atoms with Crippen LogP contribution in [0.15, 0.2) is 67.1 Å². The molecule has 0 aliphatic rings. The molecular weight excluding hydrogens is 377 g/mol. The molecule has 0 aliphatic heterocycles. The van der Waals surface area contributed by atoms with E-state index in [1.54, 1.807) is 24.5 Å². The maximum Gasteiger partial charge on any atom is 0.180 e. The highest BCUT2D eigenvalue weighted by Crippen LogP contribution is 2.36. The van der Waals surface area contributed by atoms with E-state index in [0.717, 1.165) is 27.7 Å². The first kappa shape index (κ1) is 16.6. The first-order valence-corrected chi connectivity index (χ1v) is 8.93. The SMILES string of the molecule is Nc1nc(-c2ccc(F)cc2)c(-c2cc(Cl)c3ncccc3c2)n2ccnc12. The number of nitrogens with two attached hydrogens (primary N) is 1. The van der Waals surface area contributed by atoms with Gasteiger partial charge < -0.3 is 5.73 Å². The highest BCUT2D eigenvalue weighted by molar-refractivity contribution is 6.35. The molecule has 28 heavy (non-hydrogen) atoms. The Morgan fingerprint density at radius 1 is 0.964 bits per heavy atom. The van der Waals surface area contributed by atoms with E-state index >= 15 is 0 Å². The molecule has 2 aromatic carbocycles. The summed E-state index contributed by atoms with van der Waals surface area (Å²) in [5.74, 6) is -0.0246. The molecule has 0 unspecified atom stereocenters. The highest BCUT2D eigenvalue weighted by atomic mass is 35.5. The Kier molecular flexibility index (Phi) is 3.74. The lowest BCUT2D eigenvalue weighted by Crippen LogP contribution is -2.04. The zero-order chi connectivity index (χ0) is 19.3. The van der Waals surface area contributed by atoms with Gasteiger partial charge in [-0.25, -0.2) is 14.4 Å². The van der Waals surface area contributed by atoms with Crippen LogP contribution in [0, 0.1) is 5.82 Å². The van der Waals surface area contributed by atoms with Gasteiger partial charge in [0.1, 0.15) is 5.82 Å². The summed E-state index contributed by atoms with van der Waals surface area (Å²) in [6.07, 6.45) is 5.18. The topological polar surface area (TPSA) is 69.1 Å². The van der Waals surface area contributed by atoms with Gasteiger partial charge in [-0.1, -0.05) is 17.7 Å². The number of halogens is 2. The van der Waals surface area contributed by atoms with Crippen LogP contribution in [0.1, 0.15) is 0 Å². The monoisotopic (exact) mass is 389 g/mol. The van der Waals surface area contributed by atoms with E-state index < -0.39 is 0 Å². The van der Waals surface area contributed by atoms with Gasteiger partial charge in [-0.15, -0.1) is 0 Å². The van der Waals surface area contributed by atoms with Gasteiger partial charge in [0.15, 0.2) is 11.5 Å². The van der Waals surface area contributed by atoms with Gasteiger partial charge in [0.25, 0.3) is 0 Å². The number of nitrogen functional groups attached to an aromatic ring is 1. The van der Waals surface area contributed by atoms with Crippen molar-refractivity contribution in [3.63, 3.8) is 0 Å². The summed E-state index contributed by atoms with van der Waals surface area (Å²) in [4.78, 5) is 13.2. The zero-order valence-electron chi connectivity index (χ0n) is 14.5. The van der Waals surface area contributed by atoms with E-state index in [-0.39, 0.29) is 5.82 Å². The summed E-state index contributed by atoms with van der Waals surface area (Å²) in [7, 11) is 0. The molecule has 0 aliphatic carbocycles. The molecule has 0 radical (unpaired) electrons. The fraction of sp³-hybridized carbons (Fsp3) is 0. The number of fused-ring (bicyclic) bond motifs is 2. The average Bonchev–Trinajstić information content (AvgIpc) is 3.19. The summed E-state index contributed by atoms with van der Waals surface area (Å²) < 4.78 is 15.3. The van der Waals surface area contributed by atoms with Gasteiger partial charge in [-0.05, 0) is 42.5 Å². The third-order valence-electron chi connectivity index (χ3n) is 4.62. The maximum atomic E-state index is 13.5. The van der Waals surface area contributed by atoms with E-state index in [2.05, 4.69) is 15.0 Å². The molecule has 136 valence electrons. The minimum Gasteiger partial charge on any atom is -0.381 e. The van der Waals surface area contributed by atoms with Crippen LogP contribution >= 0.6 is 11.6 Å². The van der Waals surface area contributed by atoms with Crippen LogP contribution in [0.5, 0.6) is 0 Å². The third-order valence-corrected chi connectivity index (χ3v) is 4.90. The lowest BCUT2D eigenvalue weighted by molar-refractivity contribution is 0.628. The Hall–Kier alpha value is -3.51. The van der Waals surface area contributed by atoms with E-state index in [9.17, 15) is 4.39 Å². The molecule has 2 N–H and O–H groups in total. The molecule has 0 spiro atoms. The predicted molar refractivity (Wildman–Crippen MR) is 109 cm³/mol. The number of rotatable bonds is 2. The van der Waals surface area contributed by atoms with Gasteiger partial charge in [0.05, 0.1) is 21.9 Å². The van der Waals surface area contributed by atoms with Gasteiger partial charge in [0.2, 0.25) is 0 Å². The molecule has 5 aromatic rings. The van der Waals surface area contributed by atoms with E-state index in [1.807, 2.05) is 34.9 Å². The van der Waals surface area contributed by atoms with E-state index in [4.69, 9.17) is 17.3 Å². The molecule has 0 atom stereocenters. The molecule has 7 heteroatoms. The first-order chi connectivity index (χ1) is 13.6.